The highest BCUT2D eigenvalue weighted by molar-refractivity contribution is 5.90. The minimum atomic E-state index is -0.254. The van der Waals surface area contributed by atoms with Gasteiger partial charge in [0.05, 0.1) is 24.8 Å². The first kappa shape index (κ1) is 36.2. The molecule has 258 valence electrons. The Morgan fingerprint density at radius 1 is 0.660 bits per heavy atom. The van der Waals surface area contributed by atoms with E-state index in [-0.39, 0.29) is 36.8 Å². The molecule has 47 heavy (non-hydrogen) atoms. The van der Waals surface area contributed by atoms with Gasteiger partial charge in [-0.05, 0) is 141 Å². The molecule has 0 unspecified atom stereocenters. The summed E-state index contributed by atoms with van der Waals surface area (Å²) >= 11 is 0. The SMILES string of the molecule is CCOC(=O)c1cccc(CN[C@@H]2C[C@@H]3C[C@H]2[C@@H]2CCC[C@H]32)c1.COC(=O)c1cccc(CN[C@@H]2C[C@@H]3C[C@H]2[C@@H]2CCC[C@H]32)c1.Cl.Cl. The third-order valence-electron chi connectivity index (χ3n) is 12.8. The predicted molar refractivity (Wildman–Crippen MR) is 190 cm³/mol. The lowest BCUT2D eigenvalue weighted by atomic mass is 9.79. The van der Waals surface area contributed by atoms with Crippen molar-refractivity contribution >= 4 is 36.8 Å². The van der Waals surface area contributed by atoms with Gasteiger partial charge in [0, 0.05) is 25.2 Å². The predicted octanol–water partition coefficient (Wildman–Crippen LogP) is 8.01. The van der Waals surface area contributed by atoms with E-state index in [1.165, 1.54) is 82.4 Å². The first-order valence-corrected chi connectivity index (χ1v) is 17.9. The Morgan fingerprint density at radius 2 is 1.13 bits per heavy atom. The Bertz CT molecular complexity index is 1370. The lowest BCUT2D eigenvalue weighted by Gasteiger charge is -2.32. The molecule has 8 rings (SSSR count). The van der Waals surface area contributed by atoms with Gasteiger partial charge in [0.1, 0.15) is 0 Å². The maximum Gasteiger partial charge on any atom is 0.338 e. The van der Waals surface area contributed by atoms with Gasteiger partial charge >= 0.3 is 11.9 Å². The monoisotopic (exact) mass is 684 g/mol. The van der Waals surface area contributed by atoms with E-state index in [1.807, 2.05) is 43.3 Å². The molecule has 6 aliphatic rings. The van der Waals surface area contributed by atoms with Crippen LogP contribution >= 0.6 is 24.8 Å². The Morgan fingerprint density at radius 3 is 1.60 bits per heavy atom. The van der Waals surface area contributed by atoms with Gasteiger partial charge in [0.25, 0.3) is 0 Å². The van der Waals surface area contributed by atoms with E-state index in [2.05, 4.69) is 22.8 Å². The van der Waals surface area contributed by atoms with Crippen molar-refractivity contribution in [2.24, 2.45) is 47.3 Å². The van der Waals surface area contributed by atoms with Crippen molar-refractivity contribution in [3.63, 3.8) is 0 Å². The molecule has 2 aromatic carbocycles. The topological polar surface area (TPSA) is 76.7 Å². The highest BCUT2D eigenvalue weighted by Gasteiger charge is 2.54. The number of esters is 2. The summed E-state index contributed by atoms with van der Waals surface area (Å²) in [6.07, 6.45) is 14.4. The molecule has 6 saturated carbocycles. The van der Waals surface area contributed by atoms with Crippen molar-refractivity contribution in [3.05, 3.63) is 70.8 Å². The van der Waals surface area contributed by atoms with Gasteiger partial charge in [0.2, 0.25) is 0 Å². The minimum Gasteiger partial charge on any atom is -0.465 e. The number of ether oxygens (including phenoxy) is 2. The molecule has 0 aromatic heterocycles. The summed E-state index contributed by atoms with van der Waals surface area (Å²) < 4.78 is 9.89. The zero-order chi connectivity index (χ0) is 30.9. The molecule has 6 fully saturated rings. The van der Waals surface area contributed by atoms with Crippen molar-refractivity contribution in [3.8, 4) is 0 Å². The number of halogens is 2. The number of nitrogens with one attached hydrogen (secondary N) is 2. The lowest BCUT2D eigenvalue weighted by molar-refractivity contribution is 0.0525. The molecule has 8 heteroatoms. The van der Waals surface area contributed by atoms with Crippen LogP contribution in [0.15, 0.2) is 48.5 Å². The minimum absolute atomic E-state index is 0. The van der Waals surface area contributed by atoms with Gasteiger partial charge < -0.3 is 20.1 Å². The third-order valence-corrected chi connectivity index (χ3v) is 12.8. The first-order valence-electron chi connectivity index (χ1n) is 17.9. The highest BCUT2D eigenvalue weighted by Crippen LogP contribution is 2.59. The summed E-state index contributed by atoms with van der Waals surface area (Å²) in [5.74, 6) is 7.39. The molecular formula is C39H54Cl2N2O4. The fraction of sp³-hybridized carbons (Fsp3) is 0.641. The number of carbonyl (C=O) groups is 2. The maximum absolute atomic E-state index is 11.8. The third kappa shape index (κ3) is 7.56. The van der Waals surface area contributed by atoms with E-state index < -0.39 is 0 Å². The number of fused-ring (bicyclic) bond motifs is 10. The second-order valence-electron chi connectivity index (χ2n) is 14.9. The second kappa shape index (κ2) is 16.1. The summed E-state index contributed by atoms with van der Waals surface area (Å²) in [6.45, 7) is 3.98. The number of methoxy groups -OCH3 is 1. The van der Waals surface area contributed by atoms with Crippen molar-refractivity contribution in [1.82, 2.24) is 10.6 Å². The van der Waals surface area contributed by atoms with Crippen LogP contribution in [-0.4, -0.2) is 37.7 Å². The van der Waals surface area contributed by atoms with Crippen LogP contribution in [0.1, 0.15) is 103 Å². The molecule has 6 nitrogen and oxygen atoms in total. The lowest BCUT2D eigenvalue weighted by Crippen LogP contribution is -2.38. The fourth-order valence-electron chi connectivity index (χ4n) is 11.1. The molecule has 0 spiro atoms. The van der Waals surface area contributed by atoms with Crippen LogP contribution in [0.3, 0.4) is 0 Å². The van der Waals surface area contributed by atoms with E-state index >= 15 is 0 Å². The van der Waals surface area contributed by atoms with Gasteiger partial charge in [-0.15, -0.1) is 24.8 Å². The van der Waals surface area contributed by atoms with E-state index in [1.54, 1.807) is 0 Å². The average molecular weight is 686 g/mol. The molecule has 6 aliphatic carbocycles. The van der Waals surface area contributed by atoms with Crippen LogP contribution in [0.2, 0.25) is 0 Å². The largest absolute Gasteiger partial charge is 0.465 e. The van der Waals surface area contributed by atoms with Crippen LogP contribution in [0.5, 0.6) is 0 Å². The van der Waals surface area contributed by atoms with Crippen LogP contribution in [0.25, 0.3) is 0 Å². The van der Waals surface area contributed by atoms with Crippen molar-refractivity contribution in [2.45, 2.75) is 96.3 Å². The first-order chi connectivity index (χ1) is 22.0. The summed E-state index contributed by atoms with van der Waals surface area (Å²) in [5.41, 5.74) is 3.66. The molecule has 0 heterocycles. The molecule has 0 aliphatic heterocycles. The number of rotatable bonds is 9. The molecule has 2 aromatic rings. The van der Waals surface area contributed by atoms with Crippen molar-refractivity contribution in [2.75, 3.05) is 13.7 Å². The van der Waals surface area contributed by atoms with Gasteiger partial charge in [-0.2, -0.15) is 0 Å². The van der Waals surface area contributed by atoms with Crippen LogP contribution in [0, 0.1) is 47.3 Å². The van der Waals surface area contributed by atoms with Crippen LogP contribution < -0.4 is 10.6 Å². The van der Waals surface area contributed by atoms with E-state index in [9.17, 15) is 9.59 Å². The molecule has 10 atom stereocenters. The standard InChI is InChI=1S/C20H27NO2.C19H25NO2.2ClH/c1-2-23-20(22)14-6-3-5-13(9-14)12-21-19-11-15-10-18(19)17-8-4-7-16(15)17;1-22-19(21)13-5-2-4-12(8-13)11-20-18-10-14-9-17(18)16-7-3-6-15(14)16;;/h3,5-6,9,15-19,21H,2,4,7-8,10-12H2,1H3;2,4-5,8,14-18,20H,3,6-7,9-11H2,1H3;2*1H/t15-,16+,17+,18-,19+;14-,15+,16+,17-,18+;;/m00../s1. The van der Waals surface area contributed by atoms with E-state index in [4.69, 9.17) is 9.47 Å². The zero-order valence-electron chi connectivity index (χ0n) is 28.0. The molecule has 2 N–H and O–H groups in total. The number of benzene rings is 2. The highest BCUT2D eigenvalue weighted by atomic mass is 35.5. The summed E-state index contributed by atoms with van der Waals surface area (Å²) in [6, 6.07) is 17.0. The van der Waals surface area contributed by atoms with Crippen molar-refractivity contribution < 1.29 is 19.1 Å². The summed E-state index contributed by atoms with van der Waals surface area (Å²) in [5, 5.41) is 7.56. The van der Waals surface area contributed by atoms with Gasteiger partial charge in [-0.1, -0.05) is 37.1 Å². The smallest absolute Gasteiger partial charge is 0.338 e. The molecular weight excluding hydrogens is 631 g/mol. The Kier molecular flexibility index (Phi) is 12.4. The Labute approximate surface area is 293 Å². The normalized spacial score (nSPS) is 33.6. The van der Waals surface area contributed by atoms with Crippen LogP contribution in [0.4, 0.5) is 0 Å². The molecule has 0 amide bonds. The van der Waals surface area contributed by atoms with Gasteiger partial charge in [-0.25, -0.2) is 9.59 Å². The van der Waals surface area contributed by atoms with Crippen molar-refractivity contribution in [1.29, 1.82) is 0 Å². The Hall–Kier alpha value is -2.12. The molecule has 4 bridgehead atoms. The van der Waals surface area contributed by atoms with E-state index in [0.717, 1.165) is 60.4 Å². The summed E-state index contributed by atoms with van der Waals surface area (Å²) in [4.78, 5) is 23.5. The van der Waals surface area contributed by atoms with Crippen LogP contribution in [-0.2, 0) is 22.6 Å². The second-order valence-corrected chi connectivity index (χ2v) is 14.9. The van der Waals surface area contributed by atoms with E-state index in [0.29, 0.717) is 29.8 Å². The number of hydrogen-bond acceptors (Lipinski definition) is 6. The Balaban J connectivity index is 0.000000177. The molecule has 0 radical (unpaired) electrons. The summed E-state index contributed by atoms with van der Waals surface area (Å²) in [7, 11) is 1.43. The average Bonchev–Trinajstić information content (AvgIpc) is 3.91. The maximum atomic E-state index is 11.8. The van der Waals surface area contributed by atoms with Gasteiger partial charge in [0.15, 0.2) is 0 Å². The zero-order valence-corrected chi connectivity index (χ0v) is 29.7. The quantitative estimate of drug-likeness (QED) is 0.261. The number of hydrogen-bond donors (Lipinski definition) is 2. The molecule has 0 saturated heterocycles. The number of carbonyl (C=O) groups excluding carboxylic acids is 2. The van der Waals surface area contributed by atoms with Gasteiger partial charge in [-0.3, -0.25) is 0 Å². The fourth-order valence-corrected chi connectivity index (χ4v) is 11.1.